The molecular formula is C20H22N4OS. The molecule has 6 heteroatoms. The Balaban J connectivity index is 1.47. The maximum Gasteiger partial charge on any atom is 0.254 e. The van der Waals surface area contributed by atoms with E-state index in [9.17, 15) is 4.79 Å². The summed E-state index contributed by atoms with van der Waals surface area (Å²) in [7, 11) is 0. The summed E-state index contributed by atoms with van der Waals surface area (Å²) in [5.74, 6) is 0.0683. The third-order valence-electron chi connectivity index (χ3n) is 4.91. The molecule has 26 heavy (non-hydrogen) atoms. The second-order valence-corrected chi connectivity index (χ2v) is 7.87. The number of hydrogen-bond donors (Lipinski definition) is 1. The van der Waals surface area contributed by atoms with Gasteiger partial charge < -0.3 is 15.5 Å². The average Bonchev–Trinajstić information content (AvgIpc) is 3.00. The zero-order valence-electron chi connectivity index (χ0n) is 15.0. The summed E-state index contributed by atoms with van der Waals surface area (Å²) in [5, 5.41) is 0.534. The molecular weight excluding hydrogens is 344 g/mol. The topological polar surface area (TPSA) is 62.5 Å². The Bertz CT molecular complexity index is 973. The van der Waals surface area contributed by atoms with E-state index < -0.39 is 0 Å². The van der Waals surface area contributed by atoms with Crippen LogP contribution in [0.1, 0.15) is 21.5 Å². The molecule has 1 aromatic heterocycles. The van der Waals surface area contributed by atoms with Crippen LogP contribution in [-0.2, 0) is 0 Å². The standard InChI is InChI=1S/C20H22N4OS/c1-13-3-5-17(14(2)11-13)23-7-9-24(10-8-23)19(25)15-4-6-18-16(12-15)22-20(21)26-18/h3-6,11-12H,7-10H2,1-2H3,(H2,21,22). The molecule has 134 valence electrons. The Morgan fingerprint density at radius 2 is 1.85 bits per heavy atom. The van der Waals surface area contributed by atoms with Gasteiger partial charge in [0.1, 0.15) is 0 Å². The van der Waals surface area contributed by atoms with E-state index in [0.29, 0.717) is 10.7 Å². The summed E-state index contributed by atoms with van der Waals surface area (Å²) in [6.45, 7) is 7.41. The highest BCUT2D eigenvalue weighted by atomic mass is 32.1. The van der Waals surface area contributed by atoms with E-state index in [4.69, 9.17) is 5.73 Å². The van der Waals surface area contributed by atoms with Gasteiger partial charge in [0.15, 0.2) is 5.13 Å². The fourth-order valence-electron chi connectivity index (χ4n) is 3.57. The number of hydrogen-bond acceptors (Lipinski definition) is 5. The molecule has 0 saturated carbocycles. The number of piperazine rings is 1. The summed E-state index contributed by atoms with van der Waals surface area (Å²) >= 11 is 1.44. The largest absolute Gasteiger partial charge is 0.375 e. The fraction of sp³-hybridized carbons (Fsp3) is 0.300. The van der Waals surface area contributed by atoms with Gasteiger partial charge in [-0.05, 0) is 43.7 Å². The molecule has 2 N–H and O–H groups in total. The van der Waals surface area contributed by atoms with Crippen molar-refractivity contribution in [2.75, 3.05) is 36.8 Å². The first-order valence-corrected chi connectivity index (χ1v) is 9.60. The lowest BCUT2D eigenvalue weighted by molar-refractivity contribution is 0.0747. The Morgan fingerprint density at radius 1 is 1.08 bits per heavy atom. The minimum atomic E-state index is 0.0683. The molecule has 5 nitrogen and oxygen atoms in total. The summed E-state index contributed by atoms with van der Waals surface area (Å²) in [6, 6.07) is 12.2. The van der Waals surface area contributed by atoms with E-state index in [1.807, 2.05) is 23.1 Å². The zero-order valence-corrected chi connectivity index (χ0v) is 15.8. The van der Waals surface area contributed by atoms with Crippen LogP contribution in [-0.4, -0.2) is 42.0 Å². The molecule has 1 fully saturated rings. The molecule has 1 aliphatic rings. The molecule has 1 amide bonds. The van der Waals surface area contributed by atoms with E-state index in [0.717, 1.165) is 36.4 Å². The van der Waals surface area contributed by atoms with Crippen molar-refractivity contribution >= 4 is 38.3 Å². The molecule has 0 bridgehead atoms. The predicted octanol–water partition coefficient (Wildman–Crippen LogP) is 3.46. The molecule has 1 aliphatic heterocycles. The van der Waals surface area contributed by atoms with Crippen LogP contribution in [0.15, 0.2) is 36.4 Å². The van der Waals surface area contributed by atoms with Crippen molar-refractivity contribution in [2.45, 2.75) is 13.8 Å². The van der Waals surface area contributed by atoms with Crippen molar-refractivity contribution in [1.82, 2.24) is 9.88 Å². The van der Waals surface area contributed by atoms with Crippen LogP contribution in [0.2, 0.25) is 0 Å². The molecule has 0 atom stereocenters. The van der Waals surface area contributed by atoms with Crippen molar-refractivity contribution in [2.24, 2.45) is 0 Å². The number of nitrogen functional groups attached to an aromatic ring is 1. The van der Waals surface area contributed by atoms with Crippen molar-refractivity contribution in [1.29, 1.82) is 0 Å². The highest BCUT2D eigenvalue weighted by Crippen LogP contribution is 2.26. The Morgan fingerprint density at radius 3 is 2.58 bits per heavy atom. The van der Waals surface area contributed by atoms with Gasteiger partial charge in [-0.3, -0.25) is 4.79 Å². The third kappa shape index (κ3) is 3.12. The van der Waals surface area contributed by atoms with Gasteiger partial charge >= 0.3 is 0 Å². The van der Waals surface area contributed by atoms with Crippen LogP contribution in [0.3, 0.4) is 0 Å². The number of carbonyl (C=O) groups is 1. The fourth-order valence-corrected chi connectivity index (χ4v) is 4.29. The van der Waals surface area contributed by atoms with Crippen LogP contribution in [0, 0.1) is 13.8 Å². The number of aromatic nitrogens is 1. The maximum atomic E-state index is 12.9. The van der Waals surface area contributed by atoms with Crippen molar-refractivity contribution in [3.05, 3.63) is 53.1 Å². The van der Waals surface area contributed by atoms with Crippen LogP contribution in [0.4, 0.5) is 10.8 Å². The van der Waals surface area contributed by atoms with Gasteiger partial charge in [0.2, 0.25) is 0 Å². The molecule has 0 radical (unpaired) electrons. The summed E-state index contributed by atoms with van der Waals surface area (Å²) < 4.78 is 1.01. The van der Waals surface area contributed by atoms with Gasteiger partial charge in [-0.15, -0.1) is 0 Å². The number of anilines is 2. The van der Waals surface area contributed by atoms with E-state index in [-0.39, 0.29) is 5.91 Å². The van der Waals surface area contributed by atoms with Crippen LogP contribution in [0.25, 0.3) is 10.2 Å². The average molecular weight is 366 g/mol. The number of amides is 1. The Hall–Kier alpha value is -2.60. The van der Waals surface area contributed by atoms with Gasteiger partial charge in [-0.1, -0.05) is 29.0 Å². The molecule has 1 saturated heterocycles. The number of thiazole rings is 1. The SMILES string of the molecule is Cc1ccc(N2CCN(C(=O)c3ccc4sc(N)nc4c3)CC2)c(C)c1. The van der Waals surface area contributed by atoms with Crippen LogP contribution < -0.4 is 10.6 Å². The lowest BCUT2D eigenvalue weighted by Crippen LogP contribution is -2.49. The van der Waals surface area contributed by atoms with Crippen LogP contribution in [0.5, 0.6) is 0 Å². The number of rotatable bonds is 2. The van der Waals surface area contributed by atoms with Gasteiger partial charge in [0.25, 0.3) is 5.91 Å². The number of carbonyl (C=O) groups excluding carboxylic acids is 1. The first-order valence-electron chi connectivity index (χ1n) is 8.79. The monoisotopic (exact) mass is 366 g/mol. The van der Waals surface area contributed by atoms with Crippen molar-refractivity contribution in [3.8, 4) is 0 Å². The van der Waals surface area contributed by atoms with Gasteiger partial charge in [0, 0.05) is 37.4 Å². The molecule has 2 aromatic carbocycles. The minimum Gasteiger partial charge on any atom is -0.375 e. The highest BCUT2D eigenvalue weighted by Gasteiger charge is 2.23. The number of aryl methyl sites for hydroxylation is 2. The summed E-state index contributed by atoms with van der Waals surface area (Å²) in [6.07, 6.45) is 0. The second-order valence-electron chi connectivity index (χ2n) is 6.80. The number of nitrogens with zero attached hydrogens (tertiary/aromatic N) is 3. The lowest BCUT2D eigenvalue weighted by atomic mass is 10.1. The molecule has 0 spiro atoms. The highest BCUT2D eigenvalue weighted by molar-refractivity contribution is 7.22. The first kappa shape index (κ1) is 16.8. The van der Waals surface area contributed by atoms with Gasteiger partial charge in [-0.25, -0.2) is 4.98 Å². The molecule has 0 unspecified atom stereocenters. The maximum absolute atomic E-state index is 12.9. The quantitative estimate of drug-likeness (QED) is 0.754. The van der Waals surface area contributed by atoms with Crippen LogP contribution >= 0.6 is 11.3 Å². The van der Waals surface area contributed by atoms with E-state index in [1.54, 1.807) is 0 Å². The number of nitrogens with two attached hydrogens (primary N) is 1. The Labute approximate surface area is 157 Å². The first-order chi connectivity index (χ1) is 12.5. The normalized spacial score (nSPS) is 14.8. The second kappa shape index (κ2) is 6.61. The van der Waals surface area contributed by atoms with Crippen molar-refractivity contribution in [3.63, 3.8) is 0 Å². The minimum absolute atomic E-state index is 0.0683. The molecule has 3 aromatic rings. The molecule has 4 rings (SSSR count). The third-order valence-corrected chi connectivity index (χ3v) is 5.78. The molecule has 2 heterocycles. The van der Waals surface area contributed by atoms with Gasteiger partial charge in [-0.2, -0.15) is 0 Å². The molecule has 0 aliphatic carbocycles. The number of benzene rings is 2. The summed E-state index contributed by atoms with van der Waals surface area (Å²) in [5.41, 5.74) is 11.1. The summed E-state index contributed by atoms with van der Waals surface area (Å²) in [4.78, 5) is 21.4. The van der Waals surface area contributed by atoms with Gasteiger partial charge in [0.05, 0.1) is 10.2 Å². The smallest absolute Gasteiger partial charge is 0.254 e. The predicted molar refractivity (Wildman–Crippen MR) is 108 cm³/mol. The number of fused-ring (bicyclic) bond motifs is 1. The zero-order chi connectivity index (χ0) is 18.3. The van der Waals surface area contributed by atoms with E-state index in [1.165, 1.54) is 28.2 Å². The van der Waals surface area contributed by atoms with E-state index in [2.05, 4.69) is 41.9 Å². The Kier molecular flexibility index (Phi) is 4.28. The lowest BCUT2D eigenvalue weighted by Gasteiger charge is -2.37. The van der Waals surface area contributed by atoms with Crippen molar-refractivity contribution < 1.29 is 4.79 Å². The van der Waals surface area contributed by atoms with E-state index >= 15 is 0 Å².